The zero-order valence-electron chi connectivity index (χ0n) is 13.0. The van der Waals surface area contributed by atoms with Crippen LogP contribution >= 0.6 is 0 Å². The molecule has 2 aliphatic heterocycles. The van der Waals surface area contributed by atoms with Crippen molar-refractivity contribution in [1.29, 1.82) is 0 Å². The lowest BCUT2D eigenvalue weighted by Gasteiger charge is -2.34. The molecule has 1 atom stereocenters. The second-order valence-electron chi connectivity index (χ2n) is 5.89. The normalized spacial score (nSPS) is 21.5. The highest BCUT2D eigenvalue weighted by Gasteiger charge is 2.29. The van der Waals surface area contributed by atoms with Crippen LogP contribution in [0.2, 0.25) is 0 Å². The molecule has 4 amide bonds. The summed E-state index contributed by atoms with van der Waals surface area (Å²) in [6.45, 7) is 4.49. The van der Waals surface area contributed by atoms with Gasteiger partial charge in [0.05, 0.1) is 13.1 Å². The van der Waals surface area contributed by atoms with Gasteiger partial charge in [-0.05, 0) is 24.6 Å². The summed E-state index contributed by atoms with van der Waals surface area (Å²) in [4.78, 5) is 38.9. The maximum atomic E-state index is 12.7. The summed E-state index contributed by atoms with van der Waals surface area (Å²) < 4.78 is 0. The molecule has 7 heteroatoms. The van der Waals surface area contributed by atoms with E-state index < -0.39 is 0 Å². The van der Waals surface area contributed by atoms with Crippen molar-refractivity contribution in [3.63, 3.8) is 0 Å². The zero-order chi connectivity index (χ0) is 16.4. The molecule has 2 aliphatic rings. The van der Waals surface area contributed by atoms with Crippen LogP contribution in [-0.4, -0.2) is 59.9 Å². The molecular weight excluding hydrogens is 296 g/mol. The smallest absolute Gasteiger partial charge is 0.324 e. The first-order valence-electron chi connectivity index (χ1n) is 7.75. The van der Waals surface area contributed by atoms with E-state index in [9.17, 15) is 14.4 Å². The van der Waals surface area contributed by atoms with Crippen molar-refractivity contribution >= 4 is 17.8 Å². The van der Waals surface area contributed by atoms with Crippen molar-refractivity contribution in [3.8, 4) is 0 Å². The molecule has 2 fully saturated rings. The Morgan fingerprint density at radius 3 is 2.87 bits per heavy atom. The van der Waals surface area contributed by atoms with Gasteiger partial charge in [0.1, 0.15) is 0 Å². The Hall–Kier alpha value is -2.41. The van der Waals surface area contributed by atoms with Crippen LogP contribution < -0.4 is 10.6 Å². The molecule has 0 spiro atoms. The lowest BCUT2D eigenvalue weighted by Crippen LogP contribution is -2.52. The average Bonchev–Trinajstić information content (AvgIpc) is 2.87. The number of urea groups is 1. The number of nitrogens with zero attached hydrogens (tertiary/aromatic N) is 2. The summed E-state index contributed by atoms with van der Waals surface area (Å²) in [7, 11) is 0. The summed E-state index contributed by atoms with van der Waals surface area (Å²) in [6.07, 6.45) is 0. The first-order chi connectivity index (χ1) is 11.1. The number of imide groups is 1. The van der Waals surface area contributed by atoms with E-state index in [1.165, 1.54) is 0 Å². The molecule has 0 bridgehead atoms. The Balaban J connectivity index is 1.75. The van der Waals surface area contributed by atoms with Crippen LogP contribution in [-0.2, 0) is 11.3 Å². The second kappa shape index (κ2) is 6.37. The van der Waals surface area contributed by atoms with E-state index >= 15 is 0 Å². The van der Waals surface area contributed by atoms with E-state index in [-0.39, 0.29) is 37.0 Å². The van der Waals surface area contributed by atoms with Gasteiger partial charge in [-0.3, -0.25) is 14.5 Å². The van der Waals surface area contributed by atoms with Gasteiger partial charge in [0.2, 0.25) is 5.91 Å². The highest BCUT2D eigenvalue weighted by Crippen LogP contribution is 2.15. The minimum Gasteiger partial charge on any atom is -0.333 e. The molecule has 122 valence electrons. The fourth-order valence-electron chi connectivity index (χ4n) is 2.91. The maximum absolute atomic E-state index is 12.7. The summed E-state index contributed by atoms with van der Waals surface area (Å²) in [5, 5.41) is 5.75. The van der Waals surface area contributed by atoms with E-state index in [2.05, 4.69) is 10.6 Å². The fourth-order valence-corrected chi connectivity index (χ4v) is 2.91. The third-order valence-electron chi connectivity index (χ3n) is 4.21. The molecule has 0 aliphatic carbocycles. The fraction of sp³-hybridized carbons (Fsp3) is 0.438. The van der Waals surface area contributed by atoms with Crippen LogP contribution in [0.25, 0.3) is 0 Å². The first kappa shape index (κ1) is 15.5. The van der Waals surface area contributed by atoms with Crippen molar-refractivity contribution in [2.24, 2.45) is 0 Å². The van der Waals surface area contributed by atoms with Crippen LogP contribution in [0.1, 0.15) is 22.8 Å². The summed E-state index contributed by atoms with van der Waals surface area (Å²) in [5.41, 5.74) is 1.35. The average molecular weight is 316 g/mol. The predicted molar refractivity (Wildman–Crippen MR) is 83.8 cm³/mol. The SMILES string of the molecule is C[C@@H]1CNCCN1C(=O)c1cccc(CN2C(=O)CNC2=O)c1. The number of hydrogen-bond donors (Lipinski definition) is 2. The van der Waals surface area contributed by atoms with Crippen molar-refractivity contribution in [2.75, 3.05) is 26.2 Å². The molecule has 2 N–H and O–H groups in total. The molecule has 1 aromatic rings. The van der Waals surface area contributed by atoms with Gasteiger partial charge in [-0.2, -0.15) is 0 Å². The standard InChI is InChI=1S/C16H20N4O3/c1-11-8-17-5-6-19(11)15(22)13-4-2-3-12(7-13)10-20-14(21)9-18-16(20)23/h2-4,7,11,17H,5-6,8-10H2,1H3,(H,18,23)/t11-/m1/s1. The summed E-state index contributed by atoms with van der Waals surface area (Å²) in [6, 6.07) is 6.89. The van der Waals surface area contributed by atoms with Crippen LogP contribution in [0.3, 0.4) is 0 Å². The number of carbonyl (C=O) groups excluding carboxylic acids is 3. The van der Waals surface area contributed by atoms with E-state index in [1.54, 1.807) is 18.2 Å². The van der Waals surface area contributed by atoms with Crippen LogP contribution in [0, 0.1) is 0 Å². The van der Waals surface area contributed by atoms with E-state index in [1.807, 2.05) is 17.9 Å². The number of piperazine rings is 1. The van der Waals surface area contributed by atoms with Gasteiger partial charge in [-0.15, -0.1) is 0 Å². The Morgan fingerprint density at radius 2 is 2.17 bits per heavy atom. The first-order valence-corrected chi connectivity index (χ1v) is 7.75. The monoisotopic (exact) mass is 316 g/mol. The molecule has 3 rings (SSSR count). The van der Waals surface area contributed by atoms with Crippen molar-refractivity contribution in [2.45, 2.75) is 19.5 Å². The van der Waals surface area contributed by atoms with E-state index in [0.717, 1.165) is 23.6 Å². The minimum atomic E-state index is -0.387. The zero-order valence-corrected chi connectivity index (χ0v) is 13.0. The molecule has 23 heavy (non-hydrogen) atoms. The van der Waals surface area contributed by atoms with Gasteiger partial charge in [-0.1, -0.05) is 12.1 Å². The number of benzene rings is 1. The van der Waals surface area contributed by atoms with Gasteiger partial charge in [-0.25, -0.2) is 4.79 Å². The van der Waals surface area contributed by atoms with Gasteiger partial charge in [0, 0.05) is 31.2 Å². The largest absolute Gasteiger partial charge is 0.333 e. The number of rotatable bonds is 3. The molecule has 0 unspecified atom stereocenters. The lowest BCUT2D eigenvalue weighted by molar-refractivity contribution is -0.125. The molecule has 0 saturated carbocycles. The van der Waals surface area contributed by atoms with Gasteiger partial charge >= 0.3 is 6.03 Å². The molecule has 2 saturated heterocycles. The molecule has 0 radical (unpaired) electrons. The van der Waals surface area contributed by atoms with Crippen LogP contribution in [0.15, 0.2) is 24.3 Å². The van der Waals surface area contributed by atoms with Crippen LogP contribution in [0.4, 0.5) is 4.79 Å². The summed E-state index contributed by atoms with van der Waals surface area (Å²) >= 11 is 0. The highest BCUT2D eigenvalue weighted by atomic mass is 16.2. The second-order valence-corrected chi connectivity index (χ2v) is 5.89. The van der Waals surface area contributed by atoms with Gasteiger partial charge in [0.25, 0.3) is 5.91 Å². The Kier molecular flexibility index (Phi) is 4.29. The molecular formula is C16H20N4O3. The molecule has 0 aromatic heterocycles. The third kappa shape index (κ3) is 3.19. The van der Waals surface area contributed by atoms with E-state index in [0.29, 0.717) is 12.1 Å². The Morgan fingerprint density at radius 1 is 1.35 bits per heavy atom. The van der Waals surface area contributed by atoms with Gasteiger partial charge < -0.3 is 15.5 Å². The van der Waals surface area contributed by atoms with Gasteiger partial charge in [0.15, 0.2) is 0 Å². The maximum Gasteiger partial charge on any atom is 0.324 e. The number of carbonyl (C=O) groups is 3. The molecule has 1 aromatic carbocycles. The number of amides is 4. The Labute approximate surface area is 134 Å². The van der Waals surface area contributed by atoms with Crippen molar-refractivity contribution < 1.29 is 14.4 Å². The van der Waals surface area contributed by atoms with Crippen molar-refractivity contribution in [3.05, 3.63) is 35.4 Å². The Bertz CT molecular complexity index is 630. The molecule has 2 heterocycles. The minimum absolute atomic E-state index is 0.0157. The van der Waals surface area contributed by atoms with E-state index in [4.69, 9.17) is 0 Å². The highest BCUT2D eigenvalue weighted by molar-refractivity contribution is 6.02. The van der Waals surface area contributed by atoms with Crippen LogP contribution in [0.5, 0.6) is 0 Å². The molecule has 7 nitrogen and oxygen atoms in total. The quantitative estimate of drug-likeness (QED) is 0.779. The third-order valence-corrected chi connectivity index (χ3v) is 4.21. The van der Waals surface area contributed by atoms with Crippen molar-refractivity contribution in [1.82, 2.24) is 20.4 Å². The lowest BCUT2D eigenvalue weighted by atomic mass is 10.1. The summed E-state index contributed by atoms with van der Waals surface area (Å²) in [5.74, 6) is -0.263. The predicted octanol–water partition coefficient (Wildman–Crippen LogP) is 0.172. The number of hydrogen-bond acceptors (Lipinski definition) is 4. The number of nitrogens with one attached hydrogen (secondary N) is 2. The topological polar surface area (TPSA) is 81.8 Å².